The topological polar surface area (TPSA) is 49.8 Å². The zero-order valence-electron chi connectivity index (χ0n) is 11.8. The third-order valence-corrected chi connectivity index (χ3v) is 3.21. The van der Waals surface area contributed by atoms with E-state index in [9.17, 15) is 0 Å². The van der Waals surface area contributed by atoms with Crippen LogP contribution >= 0.6 is 0 Å². The van der Waals surface area contributed by atoms with Gasteiger partial charge in [0.1, 0.15) is 0 Å². The van der Waals surface area contributed by atoms with Crippen molar-refractivity contribution in [1.29, 1.82) is 0 Å². The van der Waals surface area contributed by atoms with Crippen molar-refractivity contribution in [2.45, 2.75) is 0 Å². The van der Waals surface area contributed by atoms with Crippen LogP contribution in [-0.2, 0) is 4.74 Å². The first-order chi connectivity index (χ1) is 10.4. The van der Waals surface area contributed by atoms with Gasteiger partial charge in [-0.1, -0.05) is 24.3 Å². The summed E-state index contributed by atoms with van der Waals surface area (Å²) in [6.45, 7) is 3.09. The maximum absolute atomic E-state index is 5.41. The van der Waals surface area contributed by atoms with E-state index in [0.29, 0.717) is 5.82 Å². The Bertz CT molecular complexity index is 580. The molecule has 0 radical (unpaired) electrons. The summed E-state index contributed by atoms with van der Waals surface area (Å²) < 4.78 is 5.41. The van der Waals surface area contributed by atoms with Crippen LogP contribution in [0.25, 0.3) is 0 Å². The van der Waals surface area contributed by atoms with E-state index < -0.39 is 0 Å². The number of ether oxygens (including phenoxy) is 1. The first-order valence-corrected chi connectivity index (χ1v) is 7.06. The van der Waals surface area contributed by atoms with Crippen molar-refractivity contribution in [3.63, 3.8) is 0 Å². The van der Waals surface area contributed by atoms with Crippen LogP contribution in [0.2, 0.25) is 0 Å². The van der Waals surface area contributed by atoms with Crippen LogP contribution in [0.15, 0.2) is 59.7 Å². The van der Waals surface area contributed by atoms with Gasteiger partial charge >= 0.3 is 0 Å². The Labute approximate surface area is 124 Å². The zero-order chi connectivity index (χ0) is 14.3. The summed E-state index contributed by atoms with van der Waals surface area (Å²) in [7, 11) is 0. The highest BCUT2D eigenvalue weighted by Gasteiger charge is 2.15. The second kappa shape index (κ2) is 6.85. The molecule has 5 heteroatoms. The molecule has 1 aromatic carbocycles. The molecule has 1 saturated heterocycles. The number of para-hydroxylation sites is 1. The van der Waals surface area contributed by atoms with Crippen molar-refractivity contribution < 1.29 is 4.74 Å². The molecule has 1 aromatic heterocycles. The Kier molecular flexibility index (Phi) is 4.43. The van der Waals surface area contributed by atoms with Gasteiger partial charge in [-0.15, -0.1) is 0 Å². The van der Waals surface area contributed by atoms with Crippen molar-refractivity contribution >= 4 is 17.5 Å². The monoisotopic (exact) mass is 282 g/mol. The SMILES string of the molecule is c1ccc(N/C(=N/c2ccccn2)N2CCOCC2)cc1. The number of guanidine groups is 1. The number of pyridine rings is 1. The van der Waals surface area contributed by atoms with E-state index in [-0.39, 0.29) is 0 Å². The fourth-order valence-corrected chi connectivity index (χ4v) is 2.13. The number of anilines is 1. The smallest absolute Gasteiger partial charge is 0.205 e. The maximum atomic E-state index is 5.41. The average Bonchev–Trinajstić information content (AvgIpc) is 2.57. The Balaban J connectivity index is 1.85. The molecule has 0 unspecified atom stereocenters. The van der Waals surface area contributed by atoms with Crippen LogP contribution in [0.1, 0.15) is 0 Å². The fraction of sp³-hybridized carbons (Fsp3) is 0.250. The van der Waals surface area contributed by atoms with Crippen molar-refractivity contribution in [2.75, 3.05) is 31.6 Å². The predicted molar refractivity (Wildman–Crippen MR) is 83.8 cm³/mol. The highest BCUT2D eigenvalue weighted by molar-refractivity contribution is 5.95. The predicted octanol–water partition coefficient (Wildman–Crippen LogP) is 2.51. The number of hydrogen-bond acceptors (Lipinski definition) is 3. The van der Waals surface area contributed by atoms with Gasteiger partial charge in [0, 0.05) is 25.0 Å². The van der Waals surface area contributed by atoms with E-state index in [1.807, 2.05) is 48.5 Å². The van der Waals surface area contributed by atoms with Crippen molar-refractivity contribution in [2.24, 2.45) is 4.99 Å². The van der Waals surface area contributed by atoms with Gasteiger partial charge in [0.15, 0.2) is 5.82 Å². The number of morpholine rings is 1. The number of hydrogen-bond donors (Lipinski definition) is 1. The van der Waals surface area contributed by atoms with Gasteiger partial charge in [-0.2, -0.15) is 4.99 Å². The molecule has 0 bridgehead atoms. The van der Waals surface area contributed by atoms with E-state index in [2.05, 4.69) is 20.2 Å². The molecule has 2 aromatic rings. The van der Waals surface area contributed by atoms with Gasteiger partial charge in [-0.25, -0.2) is 4.98 Å². The minimum atomic E-state index is 0.697. The Morgan fingerprint density at radius 2 is 1.81 bits per heavy atom. The minimum Gasteiger partial charge on any atom is -0.378 e. The van der Waals surface area contributed by atoms with Crippen molar-refractivity contribution in [3.8, 4) is 0 Å². The summed E-state index contributed by atoms with van der Waals surface area (Å²) in [4.78, 5) is 11.1. The number of nitrogens with zero attached hydrogens (tertiary/aromatic N) is 3. The molecule has 5 nitrogen and oxygen atoms in total. The van der Waals surface area contributed by atoms with Crippen LogP contribution in [0, 0.1) is 0 Å². The minimum absolute atomic E-state index is 0.697. The molecule has 2 heterocycles. The molecule has 1 N–H and O–H groups in total. The van der Waals surface area contributed by atoms with Gasteiger partial charge in [-0.3, -0.25) is 0 Å². The number of benzene rings is 1. The quantitative estimate of drug-likeness (QED) is 0.679. The normalized spacial score (nSPS) is 15.8. The van der Waals surface area contributed by atoms with Gasteiger partial charge in [0.25, 0.3) is 0 Å². The highest BCUT2D eigenvalue weighted by atomic mass is 16.5. The van der Waals surface area contributed by atoms with Gasteiger partial charge in [-0.05, 0) is 24.3 Å². The molecule has 21 heavy (non-hydrogen) atoms. The lowest BCUT2D eigenvalue weighted by Crippen LogP contribution is -2.44. The number of nitrogens with one attached hydrogen (secondary N) is 1. The summed E-state index contributed by atoms with van der Waals surface area (Å²) in [6.07, 6.45) is 1.75. The van der Waals surface area contributed by atoms with Gasteiger partial charge < -0.3 is 15.0 Å². The fourth-order valence-electron chi connectivity index (χ4n) is 2.13. The van der Waals surface area contributed by atoms with E-state index in [0.717, 1.165) is 38.0 Å². The second-order valence-corrected chi connectivity index (χ2v) is 4.71. The van der Waals surface area contributed by atoms with Crippen molar-refractivity contribution in [3.05, 3.63) is 54.7 Å². The first-order valence-electron chi connectivity index (χ1n) is 7.06. The van der Waals surface area contributed by atoms with Crippen LogP contribution in [0.4, 0.5) is 11.5 Å². The number of aliphatic imine (C=N–C) groups is 1. The molecule has 0 saturated carbocycles. The van der Waals surface area contributed by atoms with Gasteiger partial charge in [0.05, 0.1) is 13.2 Å². The molecule has 108 valence electrons. The summed E-state index contributed by atoms with van der Waals surface area (Å²) in [5, 5.41) is 3.38. The molecule has 1 fully saturated rings. The summed E-state index contributed by atoms with van der Waals surface area (Å²) >= 11 is 0. The summed E-state index contributed by atoms with van der Waals surface area (Å²) in [6, 6.07) is 15.8. The average molecular weight is 282 g/mol. The Hall–Kier alpha value is -2.40. The third-order valence-electron chi connectivity index (χ3n) is 3.21. The van der Waals surface area contributed by atoms with Crippen LogP contribution < -0.4 is 5.32 Å². The Morgan fingerprint density at radius 3 is 2.52 bits per heavy atom. The molecular weight excluding hydrogens is 264 g/mol. The van der Waals surface area contributed by atoms with E-state index in [1.165, 1.54) is 0 Å². The largest absolute Gasteiger partial charge is 0.378 e. The van der Waals surface area contributed by atoms with Crippen molar-refractivity contribution in [1.82, 2.24) is 9.88 Å². The molecule has 0 amide bonds. The second-order valence-electron chi connectivity index (χ2n) is 4.71. The standard InChI is InChI=1S/C16H18N4O/c1-2-6-14(7-3-1)18-16(20-10-12-21-13-11-20)19-15-8-4-5-9-17-15/h1-9H,10-13H2,(H,17,18,19). The molecule has 1 aliphatic rings. The number of rotatable bonds is 2. The third kappa shape index (κ3) is 3.79. The highest BCUT2D eigenvalue weighted by Crippen LogP contribution is 2.12. The molecule has 0 atom stereocenters. The van der Waals surface area contributed by atoms with Crippen LogP contribution in [0.5, 0.6) is 0 Å². The van der Waals surface area contributed by atoms with E-state index >= 15 is 0 Å². The molecule has 0 aliphatic carbocycles. The van der Waals surface area contributed by atoms with E-state index in [4.69, 9.17) is 4.74 Å². The summed E-state index contributed by atoms with van der Waals surface area (Å²) in [5.74, 6) is 1.51. The first kappa shape index (κ1) is 13.6. The molecule has 0 spiro atoms. The molecular formula is C16H18N4O. The summed E-state index contributed by atoms with van der Waals surface area (Å²) in [5.41, 5.74) is 1.01. The lowest BCUT2D eigenvalue weighted by molar-refractivity contribution is 0.0680. The molecule has 1 aliphatic heterocycles. The lowest BCUT2D eigenvalue weighted by atomic mass is 10.3. The van der Waals surface area contributed by atoms with Crippen LogP contribution in [-0.4, -0.2) is 42.1 Å². The van der Waals surface area contributed by atoms with Crippen LogP contribution in [0.3, 0.4) is 0 Å². The number of aromatic nitrogens is 1. The maximum Gasteiger partial charge on any atom is 0.205 e. The Morgan fingerprint density at radius 1 is 1.05 bits per heavy atom. The molecule has 3 rings (SSSR count). The van der Waals surface area contributed by atoms with E-state index in [1.54, 1.807) is 6.20 Å². The van der Waals surface area contributed by atoms with Gasteiger partial charge in [0.2, 0.25) is 5.96 Å². The lowest BCUT2D eigenvalue weighted by Gasteiger charge is -2.30. The zero-order valence-corrected chi connectivity index (χ0v) is 11.8.